The summed E-state index contributed by atoms with van der Waals surface area (Å²) in [6.07, 6.45) is 0.281. The lowest BCUT2D eigenvalue weighted by Crippen LogP contribution is -2.53. The lowest BCUT2D eigenvalue weighted by Gasteiger charge is -2.43. The van der Waals surface area contributed by atoms with Crippen LogP contribution in [0.4, 0.5) is 0 Å². The zero-order valence-corrected chi connectivity index (χ0v) is 17.7. The molecule has 1 heterocycles. The predicted molar refractivity (Wildman–Crippen MR) is 111 cm³/mol. The summed E-state index contributed by atoms with van der Waals surface area (Å²) in [4.78, 5) is 40.1. The number of carbonyl (C=O) groups is 3. The molecule has 6 heteroatoms. The van der Waals surface area contributed by atoms with E-state index >= 15 is 0 Å². The van der Waals surface area contributed by atoms with E-state index in [1.54, 1.807) is 13.0 Å². The summed E-state index contributed by atoms with van der Waals surface area (Å²) in [5.41, 5.74) is 1.51. The van der Waals surface area contributed by atoms with Crippen molar-refractivity contribution in [3.8, 4) is 0 Å². The first-order valence-corrected chi connectivity index (χ1v) is 10.8. The largest absolute Gasteiger partial charge is 0.466 e. The van der Waals surface area contributed by atoms with Crippen molar-refractivity contribution in [3.63, 3.8) is 0 Å². The molecule has 1 spiro atoms. The molecule has 0 radical (unpaired) electrons. The summed E-state index contributed by atoms with van der Waals surface area (Å²) >= 11 is 4.86. The van der Waals surface area contributed by atoms with Gasteiger partial charge in [-0.25, -0.2) is 0 Å². The summed E-state index contributed by atoms with van der Waals surface area (Å²) < 4.78 is 5.16. The maximum atomic E-state index is 13.7. The number of hydrogen-bond donors (Lipinski definition) is 0. The van der Waals surface area contributed by atoms with Crippen molar-refractivity contribution in [2.24, 2.45) is 5.92 Å². The van der Waals surface area contributed by atoms with Gasteiger partial charge in [0.15, 0.2) is 5.78 Å². The number of ether oxygens (including phenoxy) is 1. The Labute approximate surface area is 176 Å². The van der Waals surface area contributed by atoms with Gasteiger partial charge in [-0.3, -0.25) is 14.4 Å². The van der Waals surface area contributed by atoms with Gasteiger partial charge in [0, 0.05) is 33.7 Å². The number of benzene rings is 2. The highest BCUT2D eigenvalue weighted by atomic mass is 79.9. The average molecular weight is 459 g/mol. The molecule has 0 N–H and O–H groups in total. The number of hydrogen-bond acceptors (Lipinski definition) is 5. The van der Waals surface area contributed by atoms with Crippen LogP contribution < -0.4 is 0 Å². The van der Waals surface area contributed by atoms with Crippen LogP contribution in [0.1, 0.15) is 41.6 Å². The highest BCUT2D eigenvalue weighted by Gasteiger charge is 2.62. The molecule has 0 amide bonds. The van der Waals surface area contributed by atoms with Gasteiger partial charge in [0.05, 0.1) is 12.5 Å². The van der Waals surface area contributed by atoms with Crippen LogP contribution in [0.5, 0.6) is 0 Å². The Hall–Kier alpha value is -1.92. The van der Waals surface area contributed by atoms with Crippen molar-refractivity contribution >= 4 is 45.2 Å². The van der Waals surface area contributed by atoms with E-state index in [2.05, 4.69) is 15.9 Å². The predicted octanol–water partition coefficient (Wildman–Crippen LogP) is 4.80. The van der Waals surface area contributed by atoms with Crippen molar-refractivity contribution in [3.05, 3.63) is 64.1 Å². The normalized spacial score (nSPS) is 26.4. The van der Waals surface area contributed by atoms with Gasteiger partial charge in [-0.1, -0.05) is 46.3 Å². The number of carbonyl (C=O) groups excluding carboxylic acids is 3. The van der Waals surface area contributed by atoms with Crippen molar-refractivity contribution in [2.45, 2.75) is 35.3 Å². The molecule has 4 rings (SSSR count). The fourth-order valence-corrected chi connectivity index (χ4v) is 6.22. The van der Waals surface area contributed by atoms with Gasteiger partial charge in [-0.05, 0) is 30.7 Å². The van der Waals surface area contributed by atoms with Gasteiger partial charge in [-0.15, -0.1) is 11.8 Å². The molecule has 1 aliphatic heterocycles. The highest BCUT2D eigenvalue weighted by molar-refractivity contribution is 9.10. The van der Waals surface area contributed by atoms with Crippen molar-refractivity contribution in [1.29, 1.82) is 0 Å². The minimum atomic E-state index is -1.06. The molecule has 0 unspecified atom stereocenters. The summed E-state index contributed by atoms with van der Waals surface area (Å²) in [6.45, 7) is 1.95. The van der Waals surface area contributed by atoms with Crippen molar-refractivity contribution in [2.75, 3.05) is 6.61 Å². The van der Waals surface area contributed by atoms with Crippen LogP contribution in [-0.2, 0) is 14.3 Å². The number of fused-ring (bicyclic) bond motifs is 1. The SMILES string of the molecule is CCOC(=O)[C@@H]1CC(=O)C[C@@H](c2ccc(Br)cc2)[C@]12Sc1ccccc1C2=O. The minimum absolute atomic E-state index is 0.0130. The molecule has 3 atom stereocenters. The number of Topliss-reactive ketones (excluding diaryl/α,β-unsaturated/α-hetero) is 2. The molecule has 0 saturated heterocycles. The van der Waals surface area contributed by atoms with Gasteiger partial charge in [0.25, 0.3) is 0 Å². The second-order valence-electron chi connectivity index (χ2n) is 7.08. The van der Waals surface area contributed by atoms with Gasteiger partial charge >= 0.3 is 5.97 Å². The molecular weight excluding hydrogens is 440 g/mol. The van der Waals surface area contributed by atoms with Gasteiger partial charge < -0.3 is 4.74 Å². The van der Waals surface area contributed by atoms with E-state index in [-0.39, 0.29) is 36.9 Å². The van der Waals surface area contributed by atoms with E-state index in [0.717, 1.165) is 14.9 Å². The fourth-order valence-electron chi connectivity index (χ4n) is 4.29. The maximum Gasteiger partial charge on any atom is 0.311 e. The zero-order chi connectivity index (χ0) is 19.9. The summed E-state index contributed by atoms with van der Waals surface area (Å²) in [5.74, 6) is -1.74. The first-order chi connectivity index (χ1) is 13.5. The molecular formula is C22H19BrO4S. The highest BCUT2D eigenvalue weighted by Crippen LogP contribution is 2.60. The first kappa shape index (κ1) is 19.4. The Morgan fingerprint density at radius 2 is 1.86 bits per heavy atom. The monoisotopic (exact) mass is 458 g/mol. The van der Waals surface area contributed by atoms with E-state index in [4.69, 9.17) is 4.74 Å². The van der Waals surface area contributed by atoms with Crippen LogP contribution in [0.2, 0.25) is 0 Å². The Balaban J connectivity index is 1.89. The molecule has 2 aromatic rings. The van der Waals surface area contributed by atoms with Crippen LogP contribution in [0.3, 0.4) is 0 Å². The molecule has 0 aromatic heterocycles. The van der Waals surface area contributed by atoms with E-state index in [0.29, 0.717) is 5.56 Å². The van der Waals surface area contributed by atoms with E-state index in [1.807, 2.05) is 42.5 Å². The van der Waals surface area contributed by atoms with Gasteiger partial charge in [-0.2, -0.15) is 0 Å². The quantitative estimate of drug-likeness (QED) is 0.617. The summed E-state index contributed by atoms with van der Waals surface area (Å²) in [6, 6.07) is 15.1. The van der Waals surface area contributed by atoms with E-state index in [1.165, 1.54) is 11.8 Å². The van der Waals surface area contributed by atoms with Crippen LogP contribution in [0, 0.1) is 5.92 Å². The number of rotatable bonds is 3. The van der Waals surface area contributed by atoms with E-state index in [9.17, 15) is 14.4 Å². The Morgan fingerprint density at radius 3 is 2.54 bits per heavy atom. The smallest absolute Gasteiger partial charge is 0.311 e. The van der Waals surface area contributed by atoms with Crippen LogP contribution in [0.25, 0.3) is 0 Å². The molecule has 1 aliphatic carbocycles. The molecule has 0 bridgehead atoms. The molecule has 2 aliphatic rings. The first-order valence-electron chi connectivity index (χ1n) is 9.24. The third-order valence-corrected chi connectivity index (χ3v) is 7.70. The van der Waals surface area contributed by atoms with Crippen LogP contribution in [-0.4, -0.2) is 28.9 Å². The molecule has 1 fully saturated rings. The minimum Gasteiger partial charge on any atom is -0.466 e. The second-order valence-corrected chi connectivity index (χ2v) is 9.31. The molecule has 2 aromatic carbocycles. The average Bonchev–Trinajstić information content (AvgIpc) is 2.98. The van der Waals surface area contributed by atoms with Crippen molar-refractivity contribution < 1.29 is 19.1 Å². The zero-order valence-electron chi connectivity index (χ0n) is 15.3. The topological polar surface area (TPSA) is 60.4 Å². The third-order valence-electron chi connectivity index (χ3n) is 5.51. The van der Waals surface area contributed by atoms with Crippen molar-refractivity contribution in [1.82, 2.24) is 0 Å². The molecule has 144 valence electrons. The Morgan fingerprint density at radius 1 is 1.14 bits per heavy atom. The molecule has 4 nitrogen and oxygen atoms in total. The summed E-state index contributed by atoms with van der Waals surface area (Å²) in [7, 11) is 0. The van der Waals surface area contributed by atoms with Crippen LogP contribution in [0.15, 0.2) is 57.9 Å². The van der Waals surface area contributed by atoms with Crippen LogP contribution >= 0.6 is 27.7 Å². The summed E-state index contributed by atoms with van der Waals surface area (Å²) in [5, 5.41) is 0. The number of thioether (sulfide) groups is 1. The third kappa shape index (κ3) is 3.03. The molecule has 28 heavy (non-hydrogen) atoms. The lowest BCUT2D eigenvalue weighted by molar-refractivity contribution is -0.152. The van der Waals surface area contributed by atoms with Gasteiger partial charge in [0.2, 0.25) is 0 Å². The number of ketones is 2. The Bertz CT molecular complexity index is 955. The number of esters is 1. The molecule has 1 saturated carbocycles. The number of halogens is 1. The standard InChI is InChI=1S/C22H19BrO4S/c1-2-27-21(26)18-12-15(24)11-17(13-7-9-14(23)10-8-13)22(18)20(25)16-5-3-4-6-19(16)28-22/h3-10,17-18H,2,11-12H2,1H3/t17-,18-,22-/m0/s1. The fraction of sp³-hybridized carbons (Fsp3) is 0.318. The van der Waals surface area contributed by atoms with Gasteiger partial charge in [0.1, 0.15) is 10.5 Å². The second kappa shape index (κ2) is 7.48. The lowest BCUT2D eigenvalue weighted by atomic mass is 9.65. The maximum absolute atomic E-state index is 13.7. The van der Waals surface area contributed by atoms with E-state index < -0.39 is 16.6 Å². The Kier molecular flexibility index (Phi) is 5.19.